The summed E-state index contributed by atoms with van der Waals surface area (Å²) in [6.45, 7) is 4.66. The van der Waals surface area contributed by atoms with Crippen molar-refractivity contribution in [1.82, 2.24) is 4.90 Å². The van der Waals surface area contributed by atoms with E-state index < -0.39 is 11.9 Å². The molecule has 108 valence electrons. The van der Waals surface area contributed by atoms with Crippen molar-refractivity contribution in [3.05, 3.63) is 29.8 Å². The Hall–Kier alpha value is -2.04. The van der Waals surface area contributed by atoms with Gasteiger partial charge in [-0.1, -0.05) is 12.1 Å². The Labute approximate surface area is 118 Å². The molecule has 1 N–H and O–H groups in total. The minimum Gasteiger partial charge on any atom is -0.491 e. The van der Waals surface area contributed by atoms with Gasteiger partial charge < -0.3 is 14.7 Å². The second-order valence-corrected chi connectivity index (χ2v) is 5.32. The zero-order chi connectivity index (χ0) is 14.7. The van der Waals surface area contributed by atoms with Crippen molar-refractivity contribution < 1.29 is 19.4 Å². The second kappa shape index (κ2) is 5.94. The molecule has 1 aliphatic heterocycles. The molecule has 1 aliphatic rings. The van der Waals surface area contributed by atoms with Crippen molar-refractivity contribution in [1.29, 1.82) is 0 Å². The third-order valence-corrected chi connectivity index (χ3v) is 3.23. The third-order valence-electron chi connectivity index (χ3n) is 3.23. The average Bonchev–Trinajstić information content (AvgIpc) is 2.73. The van der Waals surface area contributed by atoms with E-state index in [0.717, 1.165) is 11.3 Å². The van der Waals surface area contributed by atoms with Gasteiger partial charge in [0, 0.05) is 19.5 Å². The summed E-state index contributed by atoms with van der Waals surface area (Å²) in [6, 6.07) is 7.54. The molecule has 1 unspecified atom stereocenters. The number of carboxylic acids is 1. The number of rotatable bonds is 5. The van der Waals surface area contributed by atoms with Gasteiger partial charge in [0.2, 0.25) is 5.91 Å². The highest BCUT2D eigenvalue weighted by Crippen LogP contribution is 2.21. The number of amides is 1. The fourth-order valence-electron chi connectivity index (χ4n) is 2.26. The van der Waals surface area contributed by atoms with Crippen molar-refractivity contribution in [2.24, 2.45) is 5.92 Å². The molecule has 1 fully saturated rings. The molecule has 1 aromatic carbocycles. The van der Waals surface area contributed by atoms with Crippen LogP contribution < -0.4 is 4.74 Å². The van der Waals surface area contributed by atoms with Gasteiger partial charge in [-0.25, -0.2) is 0 Å². The number of carbonyl (C=O) groups excluding carboxylic acids is 1. The van der Waals surface area contributed by atoms with Crippen LogP contribution >= 0.6 is 0 Å². The number of benzene rings is 1. The minimum atomic E-state index is -0.901. The van der Waals surface area contributed by atoms with Crippen molar-refractivity contribution in [2.45, 2.75) is 32.9 Å². The van der Waals surface area contributed by atoms with E-state index in [4.69, 9.17) is 9.84 Å². The number of hydrogen-bond acceptors (Lipinski definition) is 3. The molecule has 20 heavy (non-hydrogen) atoms. The Morgan fingerprint density at radius 2 is 2.05 bits per heavy atom. The van der Waals surface area contributed by atoms with Crippen LogP contribution in [0.3, 0.4) is 0 Å². The zero-order valence-corrected chi connectivity index (χ0v) is 11.7. The summed E-state index contributed by atoms with van der Waals surface area (Å²) in [5, 5.41) is 8.94. The fourth-order valence-corrected chi connectivity index (χ4v) is 2.26. The minimum absolute atomic E-state index is 0.0973. The molecule has 1 aromatic rings. The van der Waals surface area contributed by atoms with Gasteiger partial charge in [-0.2, -0.15) is 0 Å². The van der Waals surface area contributed by atoms with Gasteiger partial charge in [-0.3, -0.25) is 9.59 Å². The first-order chi connectivity index (χ1) is 9.45. The maximum Gasteiger partial charge on any atom is 0.308 e. The van der Waals surface area contributed by atoms with Crippen LogP contribution in [-0.2, 0) is 16.1 Å². The summed E-state index contributed by atoms with van der Waals surface area (Å²) in [4.78, 5) is 24.2. The maximum atomic E-state index is 11.7. The monoisotopic (exact) mass is 277 g/mol. The van der Waals surface area contributed by atoms with Crippen LogP contribution in [-0.4, -0.2) is 34.5 Å². The highest BCUT2D eigenvalue weighted by Gasteiger charge is 2.33. The Balaban J connectivity index is 1.97. The van der Waals surface area contributed by atoms with E-state index in [0.29, 0.717) is 13.1 Å². The largest absolute Gasteiger partial charge is 0.491 e. The van der Waals surface area contributed by atoms with Crippen molar-refractivity contribution in [2.75, 3.05) is 6.54 Å². The quantitative estimate of drug-likeness (QED) is 0.892. The molecular formula is C15H19NO4. The number of hydrogen-bond donors (Lipinski definition) is 1. The van der Waals surface area contributed by atoms with Crippen LogP contribution in [0.2, 0.25) is 0 Å². The number of carboxylic acid groups (broad SMARTS) is 1. The number of nitrogens with zero attached hydrogens (tertiary/aromatic N) is 1. The molecule has 5 heteroatoms. The van der Waals surface area contributed by atoms with E-state index in [1.807, 2.05) is 38.1 Å². The molecule has 0 radical (unpaired) electrons. The first kappa shape index (κ1) is 14.4. The summed E-state index contributed by atoms with van der Waals surface area (Å²) in [6.07, 6.45) is 0.224. The van der Waals surface area contributed by atoms with Crippen molar-refractivity contribution in [3.63, 3.8) is 0 Å². The molecule has 0 aromatic heterocycles. The molecule has 1 heterocycles. The molecule has 1 saturated heterocycles. The SMILES string of the molecule is CC(C)Oc1ccc(CN2CC(C(=O)O)CC2=O)cc1. The van der Waals surface area contributed by atoms with Gasteiger partial charge in [-0.05, 0) is 31.5 Å². The van der Waals surface area contributed by atoms with Crippen LogP contribution in [0.25, 0.3) is 0 Å². The lowest BCUT2D eigenvalue weighted by Gasteiger charge is -2.16. The second-order valence-electron chi connectivity index (χ2n) is 5.32. The Morgan fingerprint density at radius 1 is 1.40 bits per heavy atom. The number of aliphatic carboxylic acids is 1. The first-order valence-corrected chi connectivity index (χ1v) is 6.72. The molecule has 1 amide bonds. The van der Waals surface area contributed by atoms with E-state index >= 15 is 0 Å². The van der Waals surface area contributed by atoms with Gasteiger partial charge in [0.25, 0.3) is 0 Å². The lowest BCUT2D eigenvalue weighted by molar-refractivity contribution is -0.141. The number of ether oxygens (including phenoxy) is 1. The third kappa shape index (κ3) is 3.50. The van der Waals surface area contributed by atoms with E-state index in [1.54, 1.807) is 4.90 Å². The summed E-state index contributed by atoms with van der Waals surface area (Å²) in [5.41, 5.74) is 0.973. The normalized spacial score (nSPS) is 18.6. The average molecular weight is 277 g/mol. The van der Waals surface area contributed by atoms with E-state index in [9.17, 15) is 9.59 Å². The van der Waals surface area contributed by atoms with Crippen LogP contribution in [0.15, 0.2) is 24.3 Å². The van der Waals surface area contributed by atoms with Gasteiger partial charge in [0.1, 0.15) is 5.75 Å². The van der Waals surface area contributed by atoms with Gasteiger partial charge in [-0.15, -0.1) is 0 Å². The molecule has 0 aliphatic carbocycles. The lowest BCUT2D eigenvalue weighted by atomic mass is 10.1. The maximum absolute atomic E-state index is 11.7. The summed E-state index contributed by atoms with van der Waals surface area (Å²) in [5.74, 6) is -0.785. The molecule has 0 bridgehead atoms. The van der Waals surface area contributed by atoms with E-state index in [-0.39, 0.29) is 18.4 Å². The van der Waals surface area contributed by atoms with E-state index in [1.165, 1.54) is 0 Å². The highest BCUT2D eigenvalue weighted by molar-refractivity contribution is 5.86. The van der Waals surface area contributed by atoms with Crippen LogP contribution in [0.5, 0.6) is 5.75 Å². The van der Waals surface area contributed by atoms with E-state index in [2.05, 4.69) is 0 Å². The molecule has 2 rings (SSSR count). The van der Waals surface area contributed by atoms with Crippen molar-refractivity contribution in [3.8, 4) is 5.75 Å². The predicted molar refractivity (Wildman–Crippen MR) is 73.4 cm³/mol. The van der Waals surface area contributed by atoms with Crippen LogP contribution in [0.4, 0.5) is 0 Å². The topological polar surface area (TPSA) is 66.8 Å². The standard InChI is InChI=1S/C15H19NO4/c1-10(2)20-13-5-3-11(4-6-13)8-16-9-12(15(18)19)7-14(16)17/h3-6,10,12H,7-9H2,1-2H3,(H,18,19). The van der Waals surface area contributed by atoms with Gasteiger partial charge in [0.05, 0.1) is 12.0 Å². The van der Waals surface area contributed by atoms with Crippen LogP contribution in [0.1, 0.15) is 25.8 Å². The first-order valence-electron chi connectivity index (χ1n) is 6.72. The van der Waals surface area contributed by atoms with Crippen molar-refractivity contribution >= 4 is 11.9 Å². The summed E-state index contributed by atoms with van der Waals surface area (Å²) < 4.78 is 5.55. The Morgan fingerprint density at radius 3 is 2.55 bits per heavy atom. The smallest absolute Gasteiger partial charge is 0.308 e. The highest BCUT2D eigenvalue weighted by atomic mass is 16.5. The molecule has 0 saturated carbocycles. The summed E-state index contributed by atoms with van der Waals surface area (Å²) >= 11 is 0. The molecule has 0 spiro atoms. The molecule has 5 nitrogen and oxygen atoms in total. The lowest BCUT2D eigenvalue weighted by Crippen LogP contribution is -2.25. The Bertz CT molecular complexity index is 495. The summed E-state index contributed by atoms with van der Waals surface area (Å²) in [7, 11) is 0. The number of carbonyl (C=O) groups is 2. The van der Waals surface area contributed by atoms with Gasteiger partial charge >= 0.3 is 5.97 Å². The fraction of sp³-hybridized carbons (Fsp3) is 0.467. The molecular weight excluding hydrogens is 258 g/mol. The molecule has 1 atom stereocenters. The van der Waals surface area contributed by atoms with Gasteiger partial charge in [0.15, 0.2) is 0 Å². The predicted octanol–water partition coefficient (Wildman–Crippen LogP) is 1.91. The van der Waals surface area contributed by atoms with Crippen LogP contribution in [0, 0.1) is 5.92 Å². The zero-order valence-electron chi connectivity index (χ0n) is 11.7. The number of likely N-dealkylation sites (tertiary alicyclic amines) is 1. The Kier molecular flexibility index (Phi) is 4.27.